The predicted molar refractivity (Wildman–Crippen MR) is 40.8 cm³/mol. The number of thioether (sulfide) groups is 1. The molecule has 0 aliphatic carbocycles. The van der Waals surface area contributed by atoms with Crippen molar-refractivity contribution in [3.63, 3.8) is 0 Å². The molecule has 0 fully saturated rings. The van der Waals surface area contributed by atoms with E-state index < -0.39 is 10.1 Å². The molecule has 0 saturated carbocycles. The Kier molecular flexibility index (Phi) is 3.69. The van der Waals surface area contributed by atoms with E-state index in [9.17, 15) is 8.42 Å². The second-order valence-corrected chi connectivity index (χ2v) is 4.21. The molecule has 5 nitrogen and oxygen atoms in total. The lowest BCUT2D eigenvalue weighted by Gasteiger charge is -1.94. The lowest BCUT2D eigenvalue weighted by Crippen LogP contribution is -2.10. The van der Waals surface area contributed by atoms with Crippen molar-refractivity contribution >= 4 is 27.0 Å². The van der Waals surface area contributed by atoms with E-state index in [-0.39, 0.29) is 16.7 Å². The number of hydrogen-bond acceptors (Lipinski definition) is 4. The maximum atomic E-state index is 10.0. The van der Waals surface area contributed by atoms with Crippen LogP contribution in [0.4, 0.5) is 0 Å². The van der Waals surface area contributed by atoms with Gasteiger partial charge in [-0.2, -0.15) is 8.42 Å². The average molecular weight is 184 g/mol. The van der Waals surface area contributed by atoms with Gasteiger partial charge in [0, 0.05) is 5.75 Å². The SMILES string of the molecule is N=C(N)SCCS(=O)(=O)O. The van der Waals surface area contributed by atoms with E-state index in [0.717, 1.165) is 11.8 Å². The van der Waals surface area contributed by atoms with E-state index in [2.05, 4.69) is 0 Å². The Hall–Kier alpha value is -0.270. The first-order valence-corrected chi connectivity index (χ1v) is 4.93. The summed E-state index contributed by atoms with van der Waals surface area (Å²) in [6, 6.07) is 0. The van der Waals surface area contributed by atoms with Gasteiger partial charge in [0.2, 0.25) is 0 Å². The molecule has 7 heteroatoms. The quantitative estimate of drug-likeness (QED) is 0.311. The summed E-state index contributed by atoms with van der Waals surface area (Å²) < 4.78 is 28.3. The van der Waals surface area contributed by atoms with Crippen LogP contribution in [0.15, 0.2) is 0 Å². The standard InChI is InChI=1S/C3H8N2O3S2/c4-3(5)9-1-2-10(6,7)8/h1-2H2,(H3,4,5)(H,6,7,8). The van der Waals surface area contributed by atoms with Crippen LogP contribution in [0.3, 0.4) is 0 Å². The number of hydrogen-bond donors (Lipinski definition) is 3. The number of nitrogens with one attached hydrogen (secondary N) is 1. The molecule has 0 spiro atoms. The molecule has 10 heavy (non-hydrogen) atoms. The van der Waals surface area contributed by atoms with Gasteiger partial charge >= 0.3 is 0 Å². The highest BCUT2D eigenvalue weighted by atomic mass is 32.2. The lowest BCUT2D eigenvalue weighted by molar-refractivity contribution is 0.485. The minimum absolute atomic E-state index is 0.119. The lowest BCUT2D eigenvalue weighted by atomic mass is 11.0. The van der Waals surface area contributed by atoms with Crippen LogP contribution in [0.2, 0.25) is 0 Å². The van der Waals surface area contributed by atoms with Gasteiger partial charge in [-0.05, 0) is 0 Å². The summed E-state index contributed by atoms with van der Waals surface area (Å²) in [5.74, 6) is -0.245. The van der Waals surface area contributed by atoms with Crippen molar-refractivity contribution in [1.82, 2.24) is 0 Å². The zero-order chi connectivity index (χ0) is 8.20. The molecule has 0 aromatic rings. The van der Waals surface area contributed by atoms with Gasteiger partial charge in [-0.15, -0.1) is 0 Å². The molecule has 0 aliphatic rings. The Morgan fingerprint density at radius 3 is 2.50 bits per heavy atom. The van der Waals surface area contributed by atoms with Crippen molar-refractivity contribution in [2.75, 3.05) is 11.5 Å². The molecule has 0 saturated heterocycles. The van der Waals surface area contributed by atoms with Crippen molar-refractivity contribution < 1.29 is 13.0 Å². The molecule has 0 unspecified atom stereocenters. The van der Waals surface area contributed by atoms with Gasteiger partial charge in [-0.1, -0.05) is 11.8 Å². The number of rotatable bonds is 3. The molecule has 4 N–H and O–H groups in total. The summed E-state index contributed by atoms with van der Waals surface area (Å²) >= 11 is 0.880. The second kappa shape index (κ2) is 3.79. The second-order valence-electron chi connectivity index (χ2n) is 1.50. The molecule has 0 heterocycles. The van der Waals surface area contributed by atoms with Gasteiger partial charge in [0.15, 0.2) is 5.17 Å². The summed E-state index contributed by atoms with van der Waals surface area (Å²) in [5, 5.41) is 6.52. The third kappa shape index (κ3) is 7.73. The van der Waals surface area contributed by atoms with Crippen LogP contribution in [-0.2, 0) is 10.1 Å². The highest BCUT2D eigenvalue weighted by Gasteiger charge is 2.03. The fraction of sp³-hybridized carbons (Fsp3) is 0.667. The summed E-state index contributed by atoms with van der Waals surface area (Å²) in [6.07, 6.45) is 0. The Balaban J connectivity index is 3.49. The molecule has 0 atom stereocenters. The monoisotopic (exact) mass is 184 g/mol. The Morgan fingerprint density at radius 1 is 1.70 bits per heavy atom. The van der Waals surface area contributed by atoms with Gasteiger partial charge in [0.05, 0.1) is 5.75 Å². The van der Waals surface area contributed by atoms with E-state index >= 15 is 0 Å². The van der Waals surface area contributed by atoms with Crippen molar-refractivity contribution in [1.29, 1.82) is 5.41 Å². The molecule has 0 rings (SSSR count). The molecule has 0 aromatic carbocycles. The molecule has 0 aromatic heterocycles. The van der Waals surface area contributed by atoms with Crippen LogP contribution in [0.25, 0.3) is 0 Å². The van der Waals surface area contributed by atoms with Crippen LogP contribution in [0, 0.1) is 5.41 Å². The van der Waals surface area contributed by atoms with Crippen LogP contribution < -0.4 is 5.73 Å². The summed E-state index contributed by atoms with van der Waals surface area (Å²) in [6.45, 7) is 0. The van der Waals surface area contributed by atoms with Crippen molar-refractivity contribution in [2.45, 2.75) is 0 Å². The zero-order valence-corrected chi connectivity index (χ0v) is 6.70. The van der Waals surface area contributed by atoms with E-state index in [1.54, 1.807) is 0 Å². The largest absolute Gasteiger partial charge is 0.379 e. The Morgan fingerprint density at radius 2 is 2.20 bits per heavy atom. The molecular formula is C3H8N2O3S2. The first kappa shape index (κ1) is 9.73. The van der Waals surface area contributed by atoms with Crippen LogP contribution in [-0.4, -0.2) is 29.6 Å². The van der Waals surface area contributed by atoms with E-state index in [1.165, 1.54) is 0 Å². The van der Waals surface area contributed by atoms with Crippen molar-refractivity contribution in [2.24, 2.45) is 5.73 Å². The van der Waals surface area contributed by atoms with Gasteiger partial charge in [-0.25, -0.2) is 0 Å². The van der Waals surface area contributed by atoms with E-state index in [1.807, 2.05) is 0 Å². The third-order valence-electron chi connectivity index (χ3n) is 0.599. The van der Waals surface area contributed by atoms with Crippen LogP contribution >= 0.6 is 11.8 Å². The van der Waals surface area contributed by atoms with Crippen molar-refractivity contribution in [3.8, 4) is 0 Å². The zero-order valence-electron chi connectivity index (χ0n) is 5.07. The first-order chi connectivity index (χ1) is 4.42. The average Bonchev–Trinajstić information content (AvgIpc) is 1.59. The summed E-state index contributed by atoms with van der Waals surface area (Å²) in [4.78, 5) is 0. The Labute approximate surface area is 63.2 Å². The maximum Gasteiger partial charge on any atom is 0.265 e. The highest BCUT2D eigenvalue weighted by Crippen LogP contribution is 1.98. The fourth-order valence-electron chi connectivity index (χ4n) is 0.257. The van der Waals surface area contributed by atoms with Gasteiger partial charge in [-0.3, -0.25) is 9.96 Å². The van der Waals surface area contributed by atoms with Gasteiger partial charge < -0.3 is 5.73 Å². The summed E-state index contributed by atoms with van der Waals surface area (Å²) in [7, 11) is -3.89. The van der Waals surface area contributed by atoms with Gasteiger partial charge in [0.25, 0.3) is 10.1 Å². The molecule has 0 radical (unpaired) electrons. The molecule has 60 valence electrons. The van der Waals surface area contributed by atoms with Gasteiger partial charge in [0.1, 0.15) is 0 Å². The van der Waals surface area contributed by atoms with Crippen molar-refractivity contribution in [3.05, 3.63) is 0 Å². The number of nitrogens with two attached hydrogens (primary N) is 1. The normalized spacial score (nSPS) is 11.3. The first-order valence-electron chi connectivity index (χ1n) is 2.34. The van der Waals surface area contributed by atoms with Crippen LogP contribution in [0.5, 0.6) is 0 Å². The Bertz CT molecular complexity index is 210. The van der Waals surface area contributed by atoms with E-state index in [0.29, 0.717) is 0 Å². The minimum Gasteiger partial charge on any atom is -0.379 e. The highest BCUT2D eigenvalue weighted by molar-refractivity contribution is 8.14. The smallest absolute Gasteiger partial charge is 0.265 e. The maximum absolute atomic E-state index is 10.0. The number of amidine groups is 1. The van der Waals surface area contributed by atoms with Crippen LogP contribution in [0.1, 0.15) is 0 Å². The fourth-order valence-corrected chi connectivity index (χ4v) is 1.65. The summed E-state index contributed by atoms with van der Waals surface area (Å²) in [5.41, 5.74) is 4.89. The minimum atomic E-state index is -3.89. The van der Waals surface area contributed by atoms with E-state index in [4.69, 9.17) is 15.7 Å². The predicted octanol–water partition coefficient (Wildman–Crippen LogP) is -0.499. The molecular weight excluding hydrogens is 176 g/mol. The molecule has 0 aliphatic heterocycles. The molecule has 0 amide bonds. The topological polar surface area (TPSA) is 104 Å². The third-order valence-corrected chi connectivity index (χ3v) is 2.30. The molecule has 0 bridgehead atoms.